The van der Waals surface area contributed by atoms with Crippen LogP contribution in [-0.2, 0) is 9.53 Å². The fourth-order valence-corrected chi connectivity index (χ4v) is 0.796. The highest BCUT2D eigenvalue weighted by atomic mass is 16.6. The second-order valence-corrected chi connectivity index (χ2v) is 3.57. The van der Waals surface area contributed by atoms with Crippen molar-refractivity contribution in [2.75, 3.05) is 6.61 Å². The molecule has 76 valence electrons. The Morgan fingerprint density at radius 2 is 2.08 bits per heavy atom. The highest BCUT2D eigenvalue weighted by molar-refractivity contribution is 5.84. The molecular weight excluding hydrogens is 168 g/mol. The van der Waals surface area contributed by atoms with Crippen LogP contribution in [0.25, 0.3) is 0 Å². The molecule has 0 spiro atoms. The molecule has 0 saturated carbocycles. The van der Waals surface area contributed by atoms with Gasteiger partial charge in [-0.1, -0.05) is 19.9 Å². The van der Waals surface area contributed by atoms with Crippen molar-refractivity contribution in [2.24, 2.45) is 0 Å². The zero-order chi connectivity index (χ0) is 10.5. The molecule has 1 rings (SSSR count). The summed E-state index contributed by atoms with van der Waals surface area (Å²) in [4.78, 5) is 9.60. The van der Waals surface area contributed by atoms with E-state index in [1.165, 1.54) is 19.8 Å². The van der Waals surface area contributed by atoms with Crippen LogP contribution in [0.3, 0.4) is 0 Å². The van der Waals surface area contributed by atoms with E-state index in [9.17, 15) is 4.79 Å². The quantitative estimate of drug-likeness (QED) is 0.543. The van der Waals surface area contributed by atoms with Crippen LogP contribution >= 0.6 is 0 Å². The third-order valence-corrected chi connectivity index (χ3v) is 1.78. The second kappa shape index (κ2) is 5.02. The Kier molecular flexibility index (Phi) is 4.70. The lowest BCUT2D eigenvalue weighted by Crippen LogP contribution is -2.01. The summed E-state index contributed by atoms with van der Waals surface area (Å²) in [5.41, 5.74) is 0.476. The van der Waals surface area contributed by atoms with Gasteiger partial charge in [-0.05, 0) is 20.3 Å². The van der Waals surface area contributed by atoms with Gasteiger partial charge >= 0.3 is 5.97 Å². The number of hydrogen-bond acceptors (Lipinski definition) is 2. The molecule has 0 aromatic rings. The van der Waals surface area contributed by atoms with Crippen molar-refractivity contribution in [2.45, 2.75) is 39.2 Å². The fraction of sp³-hybridized carbons (Fsp3) is 0.700. The van der Waals surface area contributed by atoms with E-state index < -0.39 is 5.97 Å². The van der Waals surface area contributed by atoms with Gasteiger partial charge in [0.15, 0.2) is 0 Å². The van der Waals surface area contributed by atoms with Crippen molar-refractivity contribution in [3.05, 3.63) is 12.2 Å². The molecule has 1 heterocycles. The number of hydrogen-bond donors (Lipinski definition) is 1. The summed E-state index contributed by atoms with van der Waals surface area (Å²) < 4.78 is 5.14. The van der Waals surface area contributed by atoms with Gasteiger partial charge in [-0.25, -0.2) is 4.79 Å². The van der Waals surface area contributed by atoms with Crippen molar-refractivity contribution >= 4 is 5.97 Å². The number of carboxylic acid groups (broad SMARTS) is 1. The Bertz CT molecular complexity index is 180. The van der Waals surface area contributed by atoms with Gasteiger partial charge in [-0.15, -0.1) is 0 Å². The van der Waals surface area contributed by atoms with Gasteiger partial charge < -0.3 is 9.84 Å². The standard InChI is InChI=1S/C6H12O.C4H6O2/c1-3-4-6(2)5-7-6;1-3(2)4(5)6/h3-5H2,1-2H3;1H2,2H3,(H,5,6). The molecule has 3 heteroatoms. The predicted octanol–water partition coefficient (Wildman–Crippen LogP) is 2.22. The van der Waals surface area contributed by atoms with E-state index in [4.69, 9.17) is 9.84 Å². The minimum atomic E-state index is -0.935. The summed E-state index contributed by atoms with van der Waals surface area (Å²) >= 11 is 0. The minimum absolute atomic E-state index is 0.176. The topological polar surface area (TPSA) is 49.8 Å². The van der Waals surface area contributed by atoms with Crippen molar-refractivity contribution in [1.29, 1.82) is 0 Å². The Hall–Kier alpha value is -0.830. The molecule has 0 amide bonds. The molecule has 0 aromatic carbocycles. The van der Waals surface area contributed by atoms with Gasteiger partial charge in [-0.3, -0.25) is 0 Å². The van der Waals surface area contributed by atoms with Crippen molar-refractivity contribution in [1.82, 2.24) is 0 Å². The maximum atomic E-state index is 9.60. The molecular formula is C10H18O3. The highest BCUT2D eigenvalue weighted by Gasteiger charge is 2.37. The minimum Gasteiger partial charge on any atom is -0.478 e. The molecule has 1 aliphatic rings. The third-order valence-electron chi connectivity index (χ3n) is 1.78. The van der Waals surface area contributed by atoms with Crippen LogP contribution < -0.4 is 0 Å². The normalized spacial score (nSPS) is 24.2. The van der Waals surface area contributed by atoms with Gasteiger partial charge in [0.2, 0.25) is 0 Å². The van der Waals surface area contributed by atoms with Crippen LogP contribution in [0, 0.1) is 0 Å². The van der Waals surface area contributed by atoms with E-state index in [2.05, 4.69) is 20.4 Å². The third kappa shape index (κ3) is 6.34. The van der Waals surface area contributed by atoms with Gasteiger partial charge in [-0.2, -0.15) is 0 Å². The highest BCUT2D eigenvalue weighted by Crippen LogP contribution is 2.30. The van der Waals surface area contributed by atoms with Crippen LogP contribution in [0.1, 0.15) is 33.6 Å². The SMILES string of the molecule is C=C(C)C(=O)O.CCCC1(C)CO1. The summed E-state index contributed by atoms with van der Waals surface area (Å²) in [6.45, 7) is 9.94. The van der Waals surface area contributed by atoms with Gasteiger partial charge in [0.05, 0.1) is 12.2 Å². The molecule has 13 heavy (non-hydrogen) atoms. The summed E-state index contributed by atoms with van der Waals surface area (Å²) in [6.07, 6.45) is 2.48. The van der Waals surface area contributed by atoms with E-state index >= 15 is 0 Å². The van der Waals surface area contributed by atoms with E-state index in [1.807, 2.05) is 0 Å². The van der Waals surface area contributed by atoms with E-state index in [0.717, 1.165) is 6.61 Å². The molecule has 1 fully saturated rings. The summed E-state index contributed by atoms with van der Waals surface area (Å²) in [6, 6.07) is 0. The van der Waals surface area contributed by atoms with Gasteiger partial charge in [0.25, 0.3) is 0 Å². The van der Waals surface area contributed by atoms with Crippen molar-refractivity contribution < 1.29 is 14.6 Å². The predicted molar refractivity (Wildman–Crippen MR) is 51.7 cm³/mol. The summed E-state index contributed by atoms with van der Waals surface area (Å²) in [5, 5.41) is 7.89. The van der Waals surface area contributed by atoms with E-state index in [1.54, 1.807) is 0 Å². The van der Waals surface area contributed by atoms with Crippen molar-refractivity contribution in [3.8, 4) is 0 Å². The monoisotopic (exact) mass is 186 g/mol. The van der Waals surface area contributed by atoms with Crippen LogP contribution in [0.15, 0.2) is 12.2 Å². The number of carboxylic acids is 1. The molecule has 1 N–H and O–H groups in total. The molecule has 1 aliphatic heterocycles. The average Bonchev–Trinajstić information content (AvgIpc) is 2.69. The average molecular weight is 186 g/mol. The smallest absolute Gasteiger partial charge is 0.330 e. The van der Waals surface area contributed by atoms with Gasteiger partial charge in [0, 0.05) is 5.57 Å². The van der Waals surface area contributed by atoms with Crippen LogP contribution in [0.5, 0.6) is 0 Å². The number of epoxide rings is 1. The first-order valence-corrected chi connectivity index (χ1v) is 4.44. The van der Waals surface area contributed by atoms with Crippen LogP contribution in [0.4, 0.5) is 0 Å². The molecule has 1 atom stereocenters. The molecule has 3 nitrogen and oxygen atoms in total. The van der Waals surface area contributed by atoms with E-state index in [-0.39, 0.29) is 5.57 Å². The molecule has 0 radical (unpaired) electrons. The largest absolute Gasteiger partial charge is 0.478 e. The maximum absolute atomic E-state index is 9.60. The zero-order valence-electron chi connectivity index (χ0n) is 8.59. The first-order valence-electron chi connectivity index (χ1n) is 4.44. The number of carbonyl (C=O) groups is 1. The maximum Gasteiger partial charge on any atom is 0.330 e. The first-order chi connectivity index (χ1) is 5.91. The Morgan fingerprint density at radius 1 is 1.69 bits per heavy atom. The fourth-order valence-electron chi connectivity index (χ4n) is 0.796. The lowest BCUT2D eigenvalue weighted by atomic mass is 10.1. The number of aliphatic carboxylic acids is 1. The lowest BCUT2D eigenvalue weighted by molar-refractivity contribution is -0.132. The molecule has 1 unspecified atom stereocenters. The van der Waals surface area contributed by atoms with Crippen molar-refractivity contribution in [3.63, 3.8) is 0 Å². The summed E-state index contributed by atoms with van der Waals surface area (Å²) in [7, 11) is 0. The first kappa shape index (κ1) is 12.2. The molecule has 0 bridgehead atoms. The summed E-state index contributed by atoms with van der Waals surface area (Å²) in [5.74, 6) is -0.935. The second-order valence-electron chi connectivity index (χ2n) is 3.57. The Morgan fingerprint density at radius 3 is 2.15 bits per heavy atom. The van der Waals surface area contributed by atoms with Crippen LogP contribution in [0.2, 0.25) is 0 Å². The molecule has 1 saturated heterocycles. The lowest BCUT2D eigenvalue weighted by Gasteiger charge is -1.97. The molecule has 0 aromatic heterocycles. The Labute approximate surface area is 79.4 Å². The Balaban J connectivity index is 0.000000226. The van der Waals surface area contributed by atoms with Gasteiger partial charge in [0.1, 0.15) is 0 Å². The molecule has 0 aliphatic carbocycles. The zero-order valence-corrected chi connectivity index (χ0v) is 8.59. The van der Waals surface area contributed by atoms with Crippen LogP contribution in [-0.4, -0.2) is 23.3 Å². The number of rotatable bonds is 3. The van der Waals surface area contributed by atoms with E-state index in [0.29, 0.717) is 5.60 Å². The number of ether oxygens (including phenoxy) is 1.